The van der Waals surface area contributed by atoms with Gasteiger partial charge in [-0.2, -0.15) is 4.31 Å². The number of benzene rings is 2. The highest BCUT2D eigenvalue weighted by atomic mass is 32.2. The number of nitrogens with zero attached hydrogens (tertiary/aromatic N) is 1. The van der Waals surface area contributed by atoms with Crippen molar-refractivity contribution in [3.05, 3.63) is 59.4 Å². The normalized spacial score (nSPS) is 11.6. The molecular weight excluding hydrogens is 369 g/mol. The van der Waals surface area contributed by atoms with Crippen LogP contribution in [0.25, 0.3) is 0 Å². The molecular formula is C17H17F3N2O3S. The molecule has 9 heteroatoms. The maximum absolute atomic E-state index is 13.7. The van der Waals surface area contributed by atoms with Crippen molar-refractivity contribution in [2.45, 2.75) is 18.7 Å². The van der Waals surface area contributed by atoms with E-state index in [4.69, 9.17) is 0 Å². The number of halogens is 3. The molecule has 0 saturated heterocycles. The fraction of sp³-hybridized carbons (Fsp3) is 0.235. The van der Waals surface area contributed by atoms with E-state index in [0.717, 1.165) is 12.1 Å². The Morgan fingerprint density at radius 1 is 1.04 bits per heavy atom. The molecule has 0 spiro atoms. The number of hydrogen-bond donors (Lipinski definition) is 1. The summed E-state index contributed by atoms with van der Waals surface area (Å²) >= 11 is 0. The van der Waals surface area contributed by atoms with Crippen molar-refractivity contribution in [2.75, 3.05) is 18.4 Å². The molecule has 0 aliphatic carbocycles. The van der Waals surface area contributed by atoms with E-state index in [-0.39, 0.29) is 23.5 Å². The number of sulfonamides is 1. The number of hydrogen-bond acceptors (Lipinski definition) is 3. The van der Waals surface area contributed by atoms with Crippen molar-refractivity contribution >= 4 is 21.6 Å². The lowest BCUT2D eigenvalue weighted by Crippen LogP contribution is -2.30. The predicted octanol–water partition coefficient (Wildman–Crippen LogP) is 3.39. The summed E-state index contributed by atoms with van der Waals surface area (Å²) in [5.74, 6) is -5.48. The quantitative estimate of drug-likeness (QED) is 0.774. The van der Waals surface area contributed by atoms with Gasteiger partial charge in [0.1, 0.15) is 0 Å². The molecule has 0 atom stereocenters. The van der Waals surface area contributed by atoms with Crippen LogP contribution in [0.3, 0.4) is 0 Å². The molecule has 0 fully saturated rings. The maximum Gasteiger partial charge on any atom is 0.255 e. The molecule has 26 heavy (non-hydrogen) atoms. The summed E-state index contributed by atoms with van der Waals surface area (Å²) in [5, 5.41) is 2.10. The lowest BCUT2D eigenvalue weighted by atomic mass is 10.2. The van der Waals surface area contributed by atoms with Crippen LogP contribution < -0.4 is 5.32 Å². The monoisotopic (exact) mass is 386 g/mol. The summed E-state index contributed by atoms with van der Waals surface area (Å²) in [4.78, 5) is 12.2. The van der Waals surface area contributed by atoms with Gasteiger partial charge in [-0.25, -0.2) is 21.6 Å². The van der Waals surface area contributed by atoms with Crippen molar-refractivity contribution in [3.8, 4) is 0 Å². The molecule has 0 saturated carbocycles. The number of amides is 1. The summed E-state index contributed by atoms with van der Waals surface area (Å²) in [7, 11) is -3.78. The number of anilines is 1. The number of carbonyl (C=O) groups is 1. The van der Waals surface area contributed by atoms with Crippen LogP contribution in [0.1, 0.15) is 24.2 Å². The fourth-order valence-electron chi connectivity index (χ4n) is 2.33. The van der Waals surface area contributed by atoms with Crippen molar-refractivity contribution in [2.24, 2.45) is 0 Å². The zero-order chi connectivity index (χ0) is 19.5. The SMILES string of the molecule is CCN(CC)S(=O)(=O)c1cccc(C(=O)Nc2ccc(F)c(F)c2F)c1. The van der Waals surface area contributed by atoms with Crippen molar-refractivity contribution in [3.63, 3.8) is 0 Å². The minimum absolute atomic E-state index is 0.0673. The van der Waals surface area contributed by atoms with Gasteiger partial charge in [0.25, 0.3) is 5.91 Å². The molecule has 1 amide bonds. The molecule has 0 aliphatic heterocycles. The minimum Gasteiger partial charge on any atom is -0.319 e. The third kappa shape index (κ3) is 3.88. The third-order valence-corrected chi connectivity index (χ3v) is 5.77. The topological polar surface area (TPSA) is 66.5 Å². The van der Waals surface area contributed by atoms with Gasteiger partial charge in [-0.15, -0.1) is 0 Å². The standard InChI is InChI=1S/C17H17F3N2O3S/c1-3-22(4-2)26(24,25)12-7-5-6-11(10-12)17(23)21-14-9-8-13(18)15(19)16(14)20/h5-10H,3-4H2,1-2H3,(H,21,23). The highest BCUT2D eigenvalue weighted by molar-refractivity contribution is 7.89. The Morgan fingerprint density at radius 3 is 2.31 bits per heavy atom. The van der Waals surface area contributed by atoms with Gasteiger partial charge < -0.3 is 5.32 Å². The zero-order valence-electron chi connectivity index (χ0n) is 14.1. The largest absolute Gasteiger partial charge is 0.319 e. The predicted molar refractivity (Wildman–Crippen MR) is 90.8 cm³/mol. The van der Waals surface area contributed by atoms with E-state index < -0.39 is 39.1 Å². The smallest absolute Gasteiger partial charge is 0.255 e. The first-order chi connectivity index (χ1) is 12.2. The zero-order valence-corrected chi connectivity index (χ0v) is 14.9. The van der Waals surface area contributed by atoms with E-state index in [1.165, 1.54) is 22.5 Å². The van der Waals surface area contributed by atoms with Gasteiger partial charge in [0.15, 0.2) is 17.5 Å². The number of nitrogens with one attached hydrogen (secondary N) is 1. The van der Waals surface area contributed by atoms with Crippen LogP contribution in [0, 0.1) is 17.5 Å². The van der Waals surface area contributed by atoms with E-state index in [1.807, 2.05) is 0 Å². The molecule has 140 valence electrons. The Labute approximate surface area is 149 Å². The van der Waals surface area contributed by atoms with Crippen LogP contribution in [0.4, 0.5) is 18.9 Å². The molecule has 0 heterocycles. The molecule has 0 unspecified atom stereocenters. The first-order valence-corrected chi connectivity index (χ1v) is 9.21. The lowest BCUT2D eigenvalue weighted by Gasteiger charge is -2.18. The van der Waals surface area contributed by atoms with E-state index in [2.05, 4.69) is 5.32 Å². The van der Waals surface area contributed by atoms with Crippen LogP contribution in [-0.2, 0) is 10.0 Å². The van der Waals surface area contributed by atoms with Gasteiger partial charge in [-0.05, 0) is 30.3 Å². The molecule has 1 N–H and O–H groups in total. The second kappa shape index (κ2) is 7.88. The van der Waals surface area contributed by atoms with E-state index >= 15 is 0 Å². The molecule has 2 aromatic rings. The van der Waals surface area contributed by atoms with Crippen molar-refractivity contribution in [1.29, 1.82) is 0 Å². The fourth-order valence-corrected chi connectivity index (χ4v) is 3.83. The summed E-state index contributed by atoms with van der Waals surface area (Å²) < 4.78 is 66.1. The Kier molecular flexibility index (Phi) is 6.04. The van der Waals surface area contributed by atoms with Crippen molar-refractivity contribution < 1.29 is 26.4 Å². The molecule has 0 aromatic heterocycles. The van der Waals surface area contributed by atoms with E-state index in [9.17, 15) is 26.4 Å². The highest BCUT2D eigenvalue weighted by Gasteiger charge is 2.23. The second-order valence-corrected chi connectivity index (χ2v) is 7.23. The van der Waals surface area contributed by atoms with Crippen LogP contribution in [0.2, 0.25) is 0 Å². The van der Waals surface area contributed by atoms with E-state index in [0.29, 0.717) is 6.07 Å². The van der Waals surface area contributed by atoms with Gasteiger partial charge in [0, 0.05) is 18.7 Å². The van der Waals surface area contributed by atoms with Crippen LogP contribution in [0.15, 0.2) is 41.3 Å². The molecule has 0 radical (unpaired) electrons. The Bertz CT molecular complexity index is 929. The van der Waals surface area contributed by atoms with Gasteiger partial charge in [-0.3, -0.25) is 4.79 Å². The molecule has 2 rings (SSSR count). The van der Waals surface area contributed by atoms with Gasteiger partial charge >= 0.3 is 0 Å². The lowest BCUT2D eigenvalue weighted by molar-refractivity contribution is 0.102. The Hall–Kier alpha value is -2.39. The Balaban J connectivity index is 2.33. The average Bonchev–Trinajstić information content (AvgIpc) is 2.63. The minimum atomic E-state index is -3.78. The molecule has 2 aromatic carbocycles. The summed E-state index contributed by atoms with van der Waals surface area (Å²) in [6, 6.07) is 6.72. The first kappa shape index (κ1) is 19.9. The number of carbonyl (C=O) groups excluding carboxylic acids is 1. The van der Waals surface area contributed by atoms with Gasteiger partial charge in [-0.1, -0.05) is 19.9 Å². The summed E-state index contributed by atoms with van der Waals surface area (Å²) in [6.07, 6.45) is 0. The summed E-state index contributed by atoms with van der Waals surface area (Å²) in [6.45, 7) is 3.89. The molecule has 0 aliphatic rings. The van der Waals surface area contributed by atoms with Gasteiger partial charge in [0.2, 0.25) is 10.0 Å². The van der Waals surface area contributed by atoms with Gasteiger partial charge in [0.05, 0.1) is 10.6 Å². The average molecular weight is 386 g/mol. The van der Waals surface area contributed by atoms with Crippen LogP contribution in [-0.4, -0.2) is 31.7 Å². The number of rotatable bonds is 6. The van der Waals surface area contributed by atoms with E-state index in [1.54, 1.807) is 13.8 Å². The van der Waals surface area contributed by atoms with Crippen LogP contribution >= 0.6 is 0 Å². The first-order valence-electron chi connectivity index (χ1n) is 7.77. The molecule has 0 bridgehead atoms. The maximum atomic E-state index is 13.7. The summed E-state index contributed by atoms with van der Waals surface area (Å²) in [5.41, 5.74) is -0.617. The Morgan fingerprint density at radius 2 is 1.69 bits per heavy atom. The third-order valence-electron chi connectivity index (χ3n) is 3.72. The highest BCUT2D eigenvalue weighted by Crippen LogP contribution is 2.21. The molecule has 5 nitrogen and oxygen atoms in total. The second-order valence-electron chi connectivity index (χ2n) is 5.29. The van der Waals surface area contributed by atoms with Crippen molar-refractivity contribution in [1.82, 2.24) is 4.31 Å². The van der Waals surface area contributed by atoms with Crippen LogP contribution in [0.5, 0.6) is 0 Å².